The zero-order chi connectivity index (χ0) is 14.7. The lowest BCUT2D eigenvalue weighted by Gasteiger charge is -2.14. The fourth-order valence-corrected chi connectivity index (χ4v) is 2.97. The lowest BCUT2D eigenvalue weighted by atomic mass is 10.00. The van der Waals surface area contributed by atoms with Crippen molar-refractivity contribution in [3.8, 4) is 0 Å². The molecule has 0 aliphatic carbocycles. The summed E-state index contributed by atoms with van der Waals surface area (Å²) in [4.78, 5) is 10.2. The van der Waals surface area contributed by atoms with Crippen molar-refractivity contribution in [3.05, 3.63) is 71.7 Å². The van der Waals surface area contributed by atoms with Crippen molar-refractivity contribution in [1.82, 2.24) is 0 Å². The fourth-order valence-electron chi connectivity index (χ4n) is 1.92. The molecule has 2 rings (SSSR count). The van der Waals surface area contributed by atoms with Crippen LogP contribution in [-0.4, -0.2) is 4.92 Å². The first-order valence-corrected chi connectivity index (χ1v) is 7.78. The molecule has 4 nitrogen and oxygen atoms in total. The third-order valence-corrected chi connectivity index (χ3v) is 4.35. The van der Waals surface area contributed by atoms with Crippen molar-refractivity contribution in [2.45, 2.75) is 12.5 Å². The Morgan fingerprint density at radius 1 is 1.25 bits per heavy atom. The van der Waals surface area contributed by atoms with E-state index in [0.717, 1.165) is 19.2 Å². The number of nitrogens with zero attached hydrogens (tertiary/aromatic N) is 1. The van der Waals surface area contributed by atoms with Crippen LogP contribution in [0.2, 0.25) is 0 Å². The zero-order valence-electron chi connectivity index (χ0n) is 10.4. The second kappa shape index (κ2) is 6.64. The van der Waals surface area contributed by atoms with Gasteiger partial charge in [0.1, 0.15) is 0 Å². The SMILES string of the molecule is NC(Cc1ccc([N+](=O)[O-])cc1)c1cc(I)ccc1Br. The third-order valence-electron chi connectivity index (χ3n) is 2.96. The monoisotopic (exact) mass is 446 g/mol. The normalized spacial score (nSPS) is 12.2. The van der Waals surface area contributed by atoms with Gasteiger partial charge in [0.25, 0.3) is 5.69 Å². The number of non-ortho nitro benzene ring substituents is 1. The molecule has 20 heavy (non-hydrogen) atoms. The summed E-state index contributed by atoms with van der Waals surface area (Å²) in [5.41, 5.74) is 8.34. The van der Waals surface area contributed by atoms with E-state index in [9.17, 15) is 10.1 Å². The van der Waals surface area contributed by atoms with Gasteiger partial charge in [-0.15, -0.1) is 0 Å². The van der Waals surface area contributed by atoms with Crippen LogP contribution < -0.4 is 5.73 Å². The van der Waals surface area contributed by atoms with Crippen LogP contribution >= 0.6 is 38.5 Å². The van der Waals surface area contributed by atoms with Crippen LogP contribution in [0.1, 0.15) is 17.2 Å². The molecule has 0 fully saturated rings. The van der Waals surface area contributed by atoms with Crippen molar-refractivity contribution in [2.24, 2.45) is 5.73 Å². The van der Waals surface area contributed by atoms with Gasteiger partial charge >= 0.3 is 0 Å². The molecule has 0 saturated carbocycles. The van der Waals surface area contributed by atoms with E-state index in [1.54, 1.807) is 12.1 Å². The van der Waals surface area contributed by atoms with E-state index >= 15 is 0 Å². The van der Waals surface area contributed by atoms with Gasteiger partial charge in [-0.05, 0) is 58.3 Å². The Hall–Kier alpha value is -0.990. The van der Waals surface area contributed by atoms with E-state index in [4.69, 9.17) is 5.73 Å². The minimum atomic E-state index is -0.403. The molecule has 2 N–H and O–H groups in total. The smallest absolute Gasteiger partial charge is 0.269 e. The first-order valence-electron chi connectivity index (χ1n) is 5.91. The Kier molecular flexibility index (Phi) is 5.11. The molecule has 0 heterocycles. The highest BCUT2D eigenvalue weighted by Gasteiger charge is 2.12. The quantitative estimate of drug-likeness (QED) is 0.434. The number of nitro groups is 1. The highest BCUT2D eigenvalue weighted by molar-refractivity contribution is 14.1. The highest BCUT2D eigenvalue weighted by atomic mass is 127. The summed E-state index contributed by atoms with van der Waals surface area (Å²) in [7, 11) is 0. The molecule has 0 bridgehead atoms. The maximum absolute atomic E-state index is 10.6. The van der Waals surface area contributed by atoms with Crippen molar-refractivity contribution < 1.29 is 4.92 Å². The van der Waals surface area contributed by atoms with E-state index in [1.165, 1.54) is 12.1 Å². The number of hydrogen-bond acceptors (Lipinski definition) is 3. The lowest BCUT2D eigenvalue weighted by molar-refractivity contribution is -0.384. The van der Waals surface area contributed by atoms with E-state index in [-0.39, 0.29) is 11.7 Å². The Labute approximate surface area is 138 Å². The molecule has 6 heteroatoms. The van der Waals surface area contributed by atoms with Crippen molar-refractivity contribution in [2.75, 3.05) is 0 Å². The summed E-state index contributed by atoms with van der Waals surface area (Å²) in [6, 6.07) is 12.4. The average molecular weight is 447 g/mol. The molecule has 2 aromatic rings. The number of benzene rings is 2. The van der Waals surface area contributed by atoms with Crippen LogP contribution in [0.5, 0.6) is 0 Å². The van der Waals surface area contributed by atoms with Gasteiger partial charge in [0, 0.05) is 26.2 Å². The fraction of sp³-hybridized carbons (Fsp3) is 0.143. The Morgan fingerprint density at radius 3 is 2.50 bits per heavy atom. The Morgan fingerprint density at radius 2 is 1.90 bits per heavy atom. The first kappa shape index (κ1) is 15.4. The molecule has 0 radical (unpaired) electrons. The van der Waals surface area contributed by atoms with Gasteiger partial charge in [0.05, 0.1) is 4.92 Å². The summed E-state index contributed by atoms with van der Waals surface area (Å²) in [5.74, 6) is 0. The van der Waals surface area contributed by atoms with Gasteiger partial charge in [-0.25, -0.2) is 0 Å². The average Bonchev–Trinajstić information content (AvgIpc) is 2.42. The topological polar surface area (TPSA) is 69.2 Å². The predicted molar refractivity (Wildman–Crippen MR) is 90.6 cm³/mol. The van der Waals surface area contributed by atoms with Crippen LogP contribution in [0, 0.1) is 13.7 Å². The van der Waals surface area contributed by atoms with Gasteiger partial charge < -0.3 is 5.73 Å². The molecule has 1 atom stereocenters. The maximum Gasteiger partial charge on any atom is 0.269 e. The van der Waals surface area contributed by atoms with Crippen molar-refractivity contribution in [1.29, 1.82) is 0 Å². The highest BCUT2D eigenvalue weighted by Crippen LogP contribution is 2.26. The second-order valence-corrected chi connectivity index (χ2v) is 6.50. The Balaban J connectivity index is 2.16. The van der Waals surface area contributed by atoms with E-state index in [2.05, 4.69) is 38.5 Å². The first-order chi connectivity index (χ1) is 9.47. The number of nitro benzene ring substituents is 1. The molecule has 2 aromatic carbocycles. The van der Waals surface area contributed by atoms with Crippen molar-refractivity contribution in [3.63, 3.8) is 0 Å². The number of rotatable bonds is 4. The zero-order valence-corrected chi connectivity index (χ0v) is 14.2. The molecule has 0 aromatic heterocycles. The van der Waals surface area contributed by atoms with E-state index < -0.39 is 4.92 Å². The van der Waals surface area contributed by atoms with Crippen molar-refractivity contribution >= 4 is 44.2 Å². The van der Waals surface area contributed by atoms with Gasteiger partial charge in [0.15, 0.2) is 0 Å². The van der Waals surface area contributed by atoms with E-state index in [0.29, 0.717) is 6.42 Å². The van der Waals surface area contributed by atoms with E-state index in [1.807, 2.05) is 18.2 Å². The number of hydrogen-bond donors (Lipinski definition) is 1. The van der Waals surface area contributed by atoms with Gasteiger partial charge in [-0.1, -0.05) is 28.1 Å². The van der Waals surface area contributed by atoms with Crippen LogP contribution in [0.3, 0.4) is 0 Å². The molecule has 0 spiro atoms. The molecule has 0 aliphatic heterocycles. The molecular weight excluding hydrogens is 435 g/mol. The van der Waals surface area contributed by atoms with Gasteiger partial charge in [0.2, 0.25) is 0 Å². The molecular formula is C14H12BrIN2O2. The summed E-state index contributed by atoms with van der Waals surface area (Å²) in [6.45, 7) is 0. The largest absolute Gasteiger partial charge is 0.324 e. The molecule has 0 aliphatic rings. The van der Waals surface area contributed by atoms with Crippen LogP contribution in [-0.2, 0) is 6.42 Å². The van der Waals surface area contributed by atoms with Crippen LogP contribution in [0.4, 0.5) is 5.69 Å². The molecule has 1 unspecified atom stereocenters. The summed E-state index contributed by atoms with van der Waals surface area (Å²) in [5, 5.41) is 10.6. The minimum Gasteiger partial charge on any atom is -0.324 e. The third kappa shape index (κ3) is 3.77. The van der Waals surface area contributed by atoms with Crippen LogP contribution in [0.25, 0.3) is 0 Å². The van der Waals surface area contributed by atoms with Gasteiger partial charge in [-0.2, -0.15) is 0 Å². The second-order valence-electron chi connectivity index (χ2n) is 4.40. The predicted octanol–water partition coefficient (Wildman–Crippen LogP) is 4.20. The summed E-state index contributed by atoms with van der Waals surface area (Å²) in [6.07, 6.45) is 0.636. The minimum absolute atomic E-state index is 0.0951. The summed E-state index contributed by atoms with van der Waals surface area (Å²) >= 11 is 5.75. The standard InChI is InChI=1S/C14H12BrIN2O2/c15-13-6-3-10(16)8-12(13)14(17)7-9-1-4-11(5-2-9)18(19)20/h1-6,8,14H,7,17H2. The molecule has 0 saturated heterocycles. The maximum atomic E-state index is 10.6. The molecule has 0 amide bonds. The van der Waals surface area contributed by atoms with Crippen LogP contribution in [0.15, 0.2) is 46.9 Å². The van der Waals surface area contributed by atoms with Gasteiger partial charge in [-0.3, -0.25) is 10.1 Å². The number of nitrogens with two attached hydrogens (primary N) is 1. The lowest BCUT2D eigenvalue weighted by Crippen LogP contribution is -2.14. The number of halogens is 2. The Bertz CT molecular complexity index is 632. The summed E-state index contributed by atoms with van der Waals surface area (Å²) < 4.78 is 2.10. The molecule has 104 valence electrons.